The smallest absolute Gasteiger partial charge is 0.253 e. The predicted octanol–water partition coefficient (Wildman–Crippen LogP) is 3.45. The van der Waals surface area contributed by atoms with E-state index in [0.29, 0.717) is 13.2 Å². The number of carbonyl (C=O) groups excluding carboxylic acids is 1. The number of likely N-dealkylation sites (tertiary alicyclic amines) is 1. The molecule has 0 saturated carbocycles. The predicted molar refractivity (Wildman–Crippen MR) is 121 cm³/mol. The summed E-state index contributed by atoms with van der Waals surface area (Å²) >= 11 is 0. The number of rotatable bonds is 8. The molecule has 1 saturated heterocycles. The highest BCUT2D eigenvalue weighted by Gasteiger charge is 2.17. The van der Waals surface area contributed by atoms with Crippen molar-refractivity contribution >= 4 is 11.9 Å². The van der Waals surface area contributed by atoms with Gasteiger partial charge in [0.25, 0.3) is 5.91 Å². The number of aliphatic imine (C=N–C) groups is 1. The number of ether oxygens (including phenoxy) is 1. The van der Waals surface area contributed by atoms with Crippen molar-refractivity contribution in [1.82, 2.24) is 15.5 Å². The van der Waals surface area contributed by atoms with E-state index in [0.717, 1.165) is 61.7 Å². The van der Waals surface area contributed by atoms with Gasteiger partial charge in [-0.15, -0.1) is 0 Å². The molecule has 160 valence electrons. The minimum atomic E-state index is 0.143. The van der Waals surface area contributed by atoms with Crippen LogP contribution in [0.5, 0.6) is 5.75 Å². The van der Waals surface area contributed by atoms with Crippen LogP contribution in [-0.4, -0.2) is 50.1 Å². The number of para-hydroxylation sites is 1. The highest BCUT2D eigenvalue weighted by atomic mass is 16.5. The van der Waals surface area contributed by atoms with E-state index in [4.69, 9.17) is 4.74 Å². The Morgan fingerprint density at radius 3 is 2.43 bits per heavy atom. The number of carbonyl (C=O) groups is 1. The van der Waals surface area contributed by atoms with Gasteiger partial charge >= 0.3 is 0 Å². The van der Waals surface area contributed by atoms with E-state index < -0.39 is 0 Å². The summed E-state index contributed by atoms with van der Waals surface area (Å²) in [6.45, 7) is 3.83. The fourth-order valence-electron chi connectivity index (χ4n) is 3.44. The first kappa shape index (κ1) is 21.7. The van der Waals surface area contributed by atoms with E-state index in [9.17, 15) is 4.79 Å². The van der Waals surface area contributed by atoms with Gasteiger partial charge in [-0.3, -0.25) is 9.79 Å². The largest absolute Gasteiger partial charge is 0.494 e. The third-order valence-electron chi connectivity index (χ3n) is 5.15. The first-order chi connectivity index (χ1) is 14.8. The van der Waals surface area contributed by atoms with Crippen molar-refractivity contribution in [1.29, 1.82) is 0 Å². The molecule has 1 amide bonds. The van der Waals surface area contributed by atoms with Crippen LogP contribution in [-0.2, 0) is 6.54 Å². The molecule has 0 unspecified atom stereocenters. The molecule has 2 aromatic carbocycles. The Balaban J connectivity index is 1.36. The summed E-state index contributed by atoms with van der Waals surface area (Å²) in [6, 6.07) is 17.7. The monoisotopic (exact) mass is 408 g/mol. The lowest BCUT2D eigenvalue weighted by molar-refractivity contribution is 0.0724. The lowest BCUT2D eigenvalue weighted by Gasteiger charge is -2.26. The van der Waals surface area contributed by atoms with Gasteiger partial charge in [0, 0.05) is 38.8 Å². The summed E-state index contributed by atoms with van der Waals surface area (Å²) in [6.07, 6.45) is 4.32. The Kier molecular flexibility index (Phi) is 8.57. The fourth-order valence-corrected chi connectivity index (χ4v) is 3.44. The van der Waals surface area contributed by atoms with Crippen molar-refractivity contribution in [3.05, 3.63) is 65.7 Å². The maximum Gasteiger partial charge on any atom is 0.253 e. The van der Waals surface area contributed by atoms with Gasteiger partial charge < -0.3 is 20.3 Å². The topological polar surface area (TPSA) is 66.0 Å². The molecule has 2 aromatic rings. The van der Waals surface area contributed by atoms with Gasteiger partial charge in [-0.2, -0.15) is 0 Å². The standard InChI is InChI=1S/C24H32N4O2/c1-25-24(26-15-8-18-30-22-9-4-2-5-10-22)27-19-20-11-13-21(14-12-20)23(29)28-16-6-3-7-17-28/h2,4-5,9-14H,3,6-8,15-19H2,1H3,(H2,25,26,27). The number of piperidine rings is 1. The normalized spacial score (nSPS) is 14.3. The van der Waals surface area contributed by atoms with Gasteiger partial charge in [0.2, 0.25) is 0 Å². The second kappa shape index (κ2) is 11.9. The van der Waals surface area contributed by atoms with Gasteiger partial charge in [-0.25, -0.2) is 0 Å². The minimum absolute atomic E-state index is 0.143. The van der Waals surface area contributed by atoms with Crippen molar-refractivity contribution in [2.24, 2.45) is 4.99 Å². The van der Waals surface area contributed by atoms with Crippen LogP contribution in [0.25, 0.3) is 0 Å². The number of guanidine groups is 1. The summed E-state index contributed by atoms with van der Waals surface area (Å²) in [7, 11) is 1.76. The van der Waals surface area contributed by atoms with Crippen LogP contribution in [0.1, 0.15) is 41.6 Å². The molecule has 0 atom stereocenters. The molecule has 1 aliphatic rings. The average molecular weight is 409 g/mol. The van der Waals surface area contributed by atoms with Gasteiger partial charge in [0.1, 0.15) is 5.75 Å². The Bertz CT molecular complexity index is 800. The van der Waals surface area contributed by atoms with Crippen LogP contribution < -0.4 is 15.4 Å². The lowest BCUT2D eigenvalue weighted by atomic mass is 10.1. The first-order valence-corrected chi connectivity index (χ1v) is 10.8. The van der Waals surface area contributed by atoms with Crippen LogP contribution >= 0.6 is 0 Å². The first-order valence-electron chi connectivity index (χ1n) is 10.8. The molecule has 1 fully saturated rings. The number of nitrogens with one attached hydrogen (secondary N) is 2. The second-order valence-electron chi connectivity index (χ2n) is 7.42. The average Bonchev–Trinajstić information content (AvgIpc) is 2.82. The maximum atomic E-state index is 12.6. The van der Waals surface area contributed by atoms with Crippen molar-refractivity contribution in [2.75, 3.05) is 33.3 Å². The highest BCUT2D eigenvalue weighted by Crippen LogP contribution is 2.14. The molecule has 0 bridgehead atoms. The molecular formula is C24H32N4O2. The summed E-state index contributed by atoms with van der Waals surface area (Å²) in [4.78, 5) is 18.8. The van der Waals surface area contributed by atoms with E-state index in [2.05, 4.69) is 15.6 Å². The van der Waals surface area contributed by atoms with Gasteiger partial charge in [0.15, 0.2) is 5.96 Å². The summed E-state index contributed by atoms with van der Waals surface area (Å²) < 4.78 is 5.69. The van der Waals surface area contributed by atoms with E-state index in [-0.39, 0.29) is 5.91 Å². The summed E-state index contributed by atoms with van der Waals surface area (Å²) in [5, 5.41) is 6.61. The van der Waals surface area contributed by atoms with E-state index in [1.807, 2.05) is 59.5 Å². The third-order valence-corrected chi connectivity index (χ3v) is 5.15. The summed E-state index contributed by atoms with van der Waals surface area (Å²) in [5.74, 6) is 1.79. The molecule has 2 N–H and O–H groups in total. The van der Waals surface area contributed by atoms with Crippen molar-refractivity contribution in [3.8, 4) is 5.75 Å². The van der Waals surface area contributed by atoms with Gasteiger partial charge in [-0.1, -0.05) is 30.3 Å². The summed E-state index contributed by atoms with van der Waals surface area (Å²) in [5.41, 5.74) is 1.88. The molecule has 6 nitrogen and oxygen atoms in total. The number of hydrogen-bond acceptors (Lipinski definition) is 3. The molecule has 1 aliphatic heterocycles. The number of nitrogens with zero attached hydrogens (tertiary/aromatic N) is 2. The number of benzene rings is 2. The van der Waals surface area contributed by atoms with Crippen LogP contribution in [0.2, 0.25) is 0 Å². The Hall–Kier alpha value is -3.02. The fraction of sp³-hybridized carbons (Fsp3) is 0.417. The molecule has 6 heteroatoms. The highest BCUT2D eigenvalue weighted by molar-refractivity contribution is 5.94. The Morgan fingerprint density at radius 2 is 1.73 bits per heavy atom. The molecule has 0 aromatic heterocycles. The Morgan fingerprint density at radius 1 is 1.00 bits per heavy atom. The number of hydrogen-bond donors (Lipinski definition) is 2. The van der Waals surface area contributed by atoms with Crippen LogP contribution in [0, 0.1) is 0 Å². The maximum absolute atomic E-state index is 12.6. The lowest BCUT2D eigenvalue weighted by Crippen LogP contribution is -2.37. The quantitative estimate of drug-likeness (QED) is 0.399. The molecule has 0 aliphatic carbocycles. The SMILES string of the molecule is CN=C(NCCCOc1ccccc1)NCc1ccc(C(=O)N2CCCCC2)cc1. The van der Waals surface area contributed by atoms with E-state index in [1.54, 1.807) is 7.05 Å². The van der Waals surface area contributed by atoms with Crippen LogP contribution in [0.15, 0.2) is 59.6 Å². The molecule has 0 radical (unpaired) electrons. The number of amides is 1. The van der Waals surface area contributed by atoms with E-state index >= 15 is 0 Å². The zero-order valence-electron chi connectivity index (χ0n) is 17.8. The van der Waals surface area contributed by atoms with Crippen molar-refractivity contribution in [3.63, 3.8) is 0 Å². The molecule has 0 spiro atoms. The van der Waals surface area contributed by atoms with Crippen LogP contribution in [0.4, 0.5) is 0 Å². The van der Waals surface area contributed by atoms with Crippen molar-refractivity contribution in [2.45, 2.75) is 32.2 Å². The minimum Gasteiger partial charge on any atom is -0.494 e. The van der Waals surface area contributed by atoms with E-state index in [1.165, 1.54) is 6.42 Å². The molecule has 30 heavy (non-hydrogen) atoms. The molecule has 3 rings (SSSR count). The zero-order chi connectivity index (χ0) is 21.0. The van der Waals surface area contributed by atoms with Crippen LogP contribution in [0.3, 0.4) is 0 Å². The van der Waals surface area contributed by atoms with Gasteiger partial charge in [0.05, 0.1) is 6.61 Å². The second-order valence-corrected chi connectivity index (χ2v) is 7.42. The molecule has 1 heterocycles. The third kappa shape index (κ3) is 6.79. The van der Waals surface area contributed by atoms with Crippen molar-refractivity contribution < 1.29 is 9.53 Å². The Labute approximate surface area is 179 Å². The molecular weight excluding hydrogens is 376 g/mol. The van der Waals surface area contributed by atoms with Gasteiger partial charge in [-0.05, 0) is 55.5 Å². The zero-order valence-corrected chi connectivity index (χ0v) is 17.8.